The molecule has 0 spiro atoms. The molecule has 2 amide bonds. The Morgan fingerprint density at radius 3 is 1.61 bits per heavy atom. The molecule has 10 heteroatoms. The zero-order valence-corrected chi connectivity index (χ0v) is 20.5. The van der Waals surface area contributed by atoms with E-state index in [1.807, 2.05) is 6.92 Å². The van der Waals surface area contributed by atoms with Crippen LogP contribution in [0.5, 0.6) is 0 Å². The Morgan fingerprint density at radius 1 is 0.697 bits per heavy atom. The quantitative estimate of drug-likeness (QED) is 0.140. The number of carbonyl (C=O) groups is 3. The molecule has 0 aromatic carbocycles. The van der Waals surface area contributed by atoms with Crippen LogP contribution in [0.4, 0.5) is 9.59 Å². The van der Waals surface area contributed by atoms with Crippen LogP contribution >= 0.6 is 0 Å². The molecule has 10 nitrogen and oxygen atoms in total. The number of hydrogen-bond acceptors (Lipinski definition) is 7. The van der Waals surface area contributed by atoms with E-state index in [2.05, 4.69) is 10.6 Å². The molecule has 0 unspecified atom stereocenters. The maximum Gasteiger partial charge on any atom is 0.407 e. The minimum Gasteiger partial charge on any atom is -0.481 e. The molecule has 0 saturated heterocycles. The van der Waals surface area contributed by atoms with E-state index in [9.17, 15) is 29.7 Å². The summed E-state index contributed by atoms with van der Waals surface area (Å²) in [6, 6.07) is 0. The van der Waals surface area contributed by atoms with Crippen LogP contribution in [0.3, 0.4) is 0 Å². The Hall–Kier alpha value is -2.07. The highest BCUT2D eigenvalue weighted by atomic mass is 16.6. The molecule has 0 aromatic heterocycles. The lowest BCUT2D eigenvalue weighted by Crippen LogP contribution is -2.53. The number of carboxylic acids is 1. The zero-order valence-electron chi connectivity index (χ0n) is 20.5. The first-order valence-electron chi connectivity index (χ1n) is 12.2. The second kappa shape index (κ2) is 17.4. The van der Waals surface area contributed by atoms with Crippen LogP contribution in [0.1, 0.15) is 91.4 Å². The molecular weight excluding hydrogens is 432 g/mol. The van der Waals surface area contributed by atoms with Gasteiger partial charge in [0.25, 0.3) is 0 Å². The standard InChI is InChI=1S/C23H44N2O8/c1-4-12-22(13-5-2,19(26)27)23(30,31)14-11-18-33-21(29)25-16-10-8-7-9-15-24-20(28)32-17-6-3/h30-31H,4-18H2,1-3H3,(H,24,28)(H,25,29)(H,26,27). The molecule has 0 rings (SSSR count). The lowest BCUT2D eigenvalue weighted by atomic mass is 9.70. The van der Waals surface area contributed by atoms with E-state index >= 15 is 0 Å². The molecule has 0 saturated carbocycles. The number of alkyl carbamates (subject to hydrolysis) is 2. The number of unbranched alkanes of at least 4 members (excludes halogenated alkanes) is 3. The van der Waals surface area contributed by atoms with Crippen LogP contribution < -0.4 is 10.6 Å². The molecule has 0 atom stereocenters. The smallest absolute Gasteiger partial charge is 0.407 e. The lowest BCUT2D eigenvalue weighted by molar-refractivity contribution is -0.255. The van der Waals surface area contributed by atoms with E-state index in [0.717, 1.165) is 32.1 Å². The highest BCUT2D eigenvalue weighted by molar-refractivity contribution is 5.76. The second-order valence-corrected chi connectivity index (χ2v) is 8.35. The molecule has 0 bridgehead atoms. The van der Waals surface area contributed by atoms with Gasteiger partial charge in [0.1, 0.15) is 5.41 Å². The van der Waals surface area contributed by atoms with Crippen molar-refractivity contribution in [2.75, 3.05) is 26.3 Å². The summed E-state index contributed by atoms with van der Waals surface area (Å²) in [6.45, 7) is 6.91. The largest absolute Gasteiger partial charge is 0.481 e. The number of carbonyl (C=O) groups excluding carboxylic acids is 2. The SMILES string of the molecule is CCCOC(=O)NCCCCCCNC(=O)OCCCC(O)(O)C(CCC)(CCC)C(=O)O. The topological polar surface area (TPSA) is 154 Å². The van der Waals surface area contributed by atoms with E-state index in [-0.39, 0.29) is 32.3 Å². The molecule has 0 radical (unpaired) electrons. The fourth-order valence-corrected chi connectivity index (χ4v) is 3.77. The third-order valence-electron chi connectivity index (χ3n) is 5.51. The molecule has 194 valence electrons. The van der Waals surface area contributed by atoms with Gasteiger partial charge in [0.15, 0.2) is 5.79 Å². The lowest BCUT2D eigenvalue weighted by Gasteiger charge is -2.40. The Bertz CT molecular complexity index is 563. The molecule has 0 aromatic rings. The van der Waals surface area contributed by atoms with Gasteiger partial charge in [-0.1, -0.05) is 46.5 Å². The van der Waals surface area contributed by atoms with Gasteiger partial charge in [-0.15, -0.1) is 0 Å². The predicted molar refractivity (Wildman–Crippen MR) is 124 cm³/mol. The molecule has 0 aliphatic rings. The van der Waals surface area contributed by atoms with Gasteiger partial charge >= 0.3 is 18.2 Å². The first kappa shape index (κ1) is 30.9. The van der Waals surface area contributed by atoms with Gasteiger partial charge in [-0.05, 0) is 38.5 Å². The first-order valence-corrected chi connectivity index (χ1v) is 12.2. The first-order chi connectivity index (χ1) is 15.7. The second-order valence-electron chi connectivity index (χ2n) is 8.35. The highest BCUT2D eigenvalue weighted by Crippen LogP contribution is 2.42. The van der Waals surface area contributed by atoms with Gasteiger partial charge in [0.2, 0.25) is 0 Å². The highest BCUT2D eigenvalue weighted by Gasteiger charge is 2.53. The van der Waals surface area contributed by atoms with Crippen molar-refractivity contribution in [1.82, 2.24) is 10.6 Å². The van der Waals surface area contributed by atoms with Crippen molar-refractivity contribution in [2.24, 2.45) is 5.41 Å². The van der Waals surface area contributed by atoms with Crippen molar-refractivity contribution in [1.29, 1.82) is 0 Å². The van der Waals surface area contributed by atoms with Crippen LogP contribution in [0.2, 0.25) is 0 Å². The maximum atomic E-state index is 11.8. The number of aliphatic carboxylic acids is 1. The number of ether oxygens (including phenoxy) is 2. The Labute approximate surface area is 197 Å². The van der Waals surface area contributed by atoms with E-state index < -0.39 is 29.4 Å². The van der Waals surface area contributed by atoms with Crippen molar-refractivity contribution in [2.45, 2.75) is 97.2 Å². The fraction of sp³-hybridized carbons (Fsp3) is 0.870. The van der Waals surface area contributed by atoms with Crippen molar-refractivity contribution in [3.8, 4) is 0 Å². The van der Waals surface area contributed by atoms with Crippen molar-refractivity contribution in [3.63, 3.8) is 0 Å². The minimum absolute atomic E-state index is 0.0392. The Balaban J connectivity index is 4.02. The van der Waals surface area contributed by atoms with Gasteiger partial charge in [0, 0.05) is 19.5 Å². The third kappa shape index (κ3) is 12.1. The number of rotatable bonds is 19. The average molecular weight is 477 g/mol. The van der Waals surface area contributed by atoms with E-state index in [1.165, 1.54) is 0 Å². The molecular formula is C23H44N2O8. The normalized spacial score (nSPS) is 11.7. The van der Waals surface area contributed by atoms with E-state index in [4.69, 9.17) is 9.47 Å². The van der Waals surface area contributed by atoms with Crippen LogP contribution in [-0.4, -0.2) is 65.6 Å². The number of nitrogens with one attached hydrogen (secondary N) is 2. The number of hydrogen-bond donors (Lipinski definition) is 5. The number of aliphatic hydroxyl groups is 2. The van der Waals surface area contributed by atoms with Gasteiger partial charge in [0.05, 0.1) is 13.2 Å². The van der Waals surface area contributed by atoms with Gasteiger partial charge < -0.3 is 35.4 Å². The summed E-state index contributed by atoms with van der Waals surface area (Å²) >= 11 is 0. The van der Waals surface area contributed by atoms with E-state index in [0.29, 0.717) is 32.5 Å². The van der Waals surface area contributed by atoms with E-state index in [1.54, 1.807) is 13.8 Å². The minimum atomic E-state index is -2.38. The Morgan fingerprint density at radius 2 is 1.18 bits per heavy atom. The summed E-state index contributed by atoms with van der Waals surface area (Å²) in [4.78, 5) is 34.9. The summed E-state index contributed by atoms with van der Waals surface area (Å²) in [5, 5.41) is 36.1. The summed E-state index contributed by atoms with van der Waals surface area (Å²) in [5.41, 5.74) is -1.63. The summed E-state index contributed by atoms with van der Waals surface area (Å²) < 4.78 is 9.96. The Kier molecular flexibility index (Phi) is 16.3. The molecule has 33 heavy (non-hydrogen) atoms. The molecule has 0 aliphatic carbocycles. The van der Waals surface area contributed by atoms with Crippen LogP contribution in [0.25, 0.3) is 0 Å². The summed E-state index contributed by atoms with van der Waals surface area (Å²) in [5.74, 6) is -3.60. The summed E-state index contributed by atoms with van der Waals surface area (Å²) in [7, 11) is 0. The molecule has 0 aliphatic heterocycles. The predicted octanol–water partition coefficient (Wildman–Crippen LogP) is 3.54. The van der Waals surface area contributed by atoms with Crippen molar-refractivity contribution < 1.29 is 39.2 Å². The van der Waals surface area contributed by atoms with Crippen LogP contribution in [0, 0.1) is 5.41 Å². The van der Waals surface area contributed by atoms with Crippen LogP contribution in [0.15, 0.2) is 0 Å². The van der Waals surface area contributed by atoms with Gasteiger partial charge in [-0.3, -0.25) is 4.79 Å². The van der Waals surface area contributed by atoms with Gasteiger partial charge in [-0.25, -0.2) is 9.59 Å². The number of amides is 2. The van der Waals surface area contributed by atoms with Gasteiger partial charge in [-0.2, -0.15) is 0 Å². The average Bonchev–Trinajstić information content (AvgIpc) is 2.76. The zero-order chi connectivity index (χ0) is 25.2. The van der Waals surface area contributed by atoms with Crippen molar-refractivity contribution >= 4 is 18.2 Å². The number of carboxylic acid groups (broad SMARTS) is 1. The summed E-state index contributed by atoms with van der Waals surface area (Å²) in [6.07, 6.45) is 4.44. The monoisotopic (exact) mass is 476 g/mol. The van der Waals surface area contributed by atoms with Crippen molar-refractivity contribution in [3.05, 3.63) is 0 Å². The molecule has 5 N–H and O–H groups in total. The molecule has 0 heterocycles. The van der Waals surface area contributed by atoms with Crippen LogP contribution in [-0.2, 0) is 14.3 Å². The fourth-order valence-electron chi connectivity index (χ4n) is 3.77. The third-order valence-corrected chi connectivity index (χ3v) is 5.51. The maximum absolute atomic E-state index is 11.8. The molecule has 0 fully saturated rings.